The summed E-state index contributed by atoms with van der Waals surface area (Å²) in [6.07, 6.45) is 4.69. The van der Waals surface area contributed by atoms with E-state index in [9.17, 15) is 9.59 Å². The zero-order chi connectivity index (χ0) is 14.8. The minimum absolute atomic E-state index is 0.0239. The third-order valence-corrected chi connectivity index (χ3v) is 4.30. The number of likely N-dealkylation sites (tertiary alicyclic amines) is 1. The smallest absolute Gasteiger partial charge is 0.317 e. The molecule has 0 saturated carbocycles. The van der Waals surface area contributed by atoms with Gasteiger partial charge in [0.25, 0.3) is 0 Å². The Hall–Kier alpha value is -1.17. The summed E-state index contributed by atoms with van der Waals surface area (Å²) in [5.41, 5.74) is 0. The largest absolute Gasteiger partial charge is 0.481 e. The Morgan fingerprint density at radius 1 is 1.50 bits per heavy atom. The summed E-state index contributed by atoms with van der Waals surface area (Å²) in [5.74, 6) is 1.34. The van der Waals surface area contributed by atoms with Crippen LogP contribution in [0.5, 0.6) is 0 Å². The maximum Gasteiger partial charge on any atom is 0.317 e. The molecule has 0 aromatic carbocycles. The van der Waals surface area contributed by atoms with Crippen LogP contribution in [0.2, 0.25) is 0 Å². The molecule has 2 N–H and O–H groups in total. The van der Waals surface area contributed by atoms with Crippen LogP contribution >= 0.6 is 11.8 Å². The van der Waals surface area contributed by atoms with Gasteiger partial charge in [0.2, 0.25) is 0 Å². The van der Waals surface area contributed by atoms with E-state index in [4.69, 9.17) is 5.11 Å². The number of thioether (sulfide) groups is 1. The van der Waals surface area contributed by atoms with E-state index in [0.29, 0.717) is 25.4 Å². The number of carboxylic acids is 1. The second kappa shape index (κ2) is 9.69. The first kappa shape index (κ1) is 16.9. The third kappa shape index (κ3) is 6.84. The first-order valence-electron chi connectivity index (χ1n) is 7.06. The Morgan fingerprint density at radius 3 is 3.00 bits per heavy atom. The van der Waals surface area contributed by atoms with E-state index in [0.717, 1.165) is 30.9 Å². The number of rotatable bonds is 8. The van der Waals surface area contributed by atoms with Crippen molar-refractivity contribution < 1.29 is 14.7 Å². The van der Waals surface area contributed by atoms with Crippen molar-refractivity contribution in [3.63, 3.8) is 0 Å². The predicted octanol–water partition coefficient (Wildman–Crippen LogP) is 2.19. The Bertz CT molecular complexity index is 336. The van der Waals surface area contributed by atoms with Gasteiger partial charge in [-0.1, -0.05) is 6.08 Å². The lowest BCUT2D eigenvalue weighted by atomic mass is 9.93. The molecule has 0 radical (unpaired) electrons. The number of carbonyl (C=O) groups excluding carboxylic acids is 1. The van der Waals surface area contributed by atoms with Crippen molar-refractivity contribution in [2.45, 2.75) is 25.7 Å². The van der Waals surface area contributed by atoms with Crippen molar-refractivity contribution in [3.8, 4) is 0 Å². The van der Waals surface area contributed by atoms with Crippen molar-refractivity contribution in [2.24, 2.45) is 5.92 Å². The van der Waals surface area contributed by atoms with Gasteiger partial charge in [-0.2, -0.15) is 11.8 Å². The average Bonchev–Trinajstić information content (AvgIpc) is 2.45. The van der Waals surface area contributed by atoms with Crippen LogP contribution in [-0.4, -0.2) is 53.1 Å². The number of hydrogen-bond acceptors (Lipinski definition) is 3. The lowest BCUT2D eigenvalue weighted by Gasteiger charge is -2.32. The number of nitrogens with one attached hydrogen (secondary N) is 1. The van der Waals surface area contributed by atoms with E-state index in [1.807, 2.05) is 11.0 Å². The van der Waals surface area contributed by atoms with E-state index < -0.39 is 5.97 Å². The van der Waals surface area contributed by atoms with Gasteiger partial charge in [-0.3, -0.25) is 4.79 Å². The Balaban J connectivity index is 2.22. The zero-order valence-electron chi connectivity index (χ0n) is 11.8. The van der Waals surface area contributed by atoms with Crippen molar-refractivity contribution >= 4 is 23.8 Å². The first-order valence-corrected chi connectivity index (χ1v) is 8.22. The first-order chi connectivity index (χ1) is 9.63. The zero-order valence-corrected chi connectivity index (χ0v) is 12.7. The average molecular weight is 300 g/mol. The molecule has 6 heteroatoms. The van der Waals surface area contributed by atoms with Gasteiger partial charge >= 0.3 is 12.0 Å². The van der Waals surface area contributed by atoms with Crippen molar-refractivity contribution in [3.05, 3.63) is 12.7 Å². The summed E-state index contributed by atoms with van der Waals surface area (Å²) >= 11 is 1.74. The molecule has 1 saturated heterocycles. The molecule has 0 bridgehead atoms. The summed E-state index contributed by atoms with van der Waals surface area (Å²) in [6, 6.07) is -0.0239. The van der Waals surface area contributed by atoms with Gasteiger partial charge in [0.05, 0.1) is 0 Å². The van der Waals surface area contributed by atoms with Gasteiger partial charge < -0.3 is 15.3 Å². The molecule has 1 heterocycles. The fourth-order valence-electron chi connectivity index (χ4n) is 2.32. The quantitative estimate of drug-likeness (QED) is 0.532. The summed E-state index contributed by atoms with van der Waals surface area (Å²) in [5, 5.41) is 11.6. The standard InChI is InChI=1S/C14H24N2O3S/c1-2-9-20-10-7-15-14(19)16-8-3-4-12(11-16)5-6-13(17)18/h2,12H,1,3-11H2,(H,15,19)(H,17,18). The highest BCUT2D eigenvalue weighted by Gasteiger charge is 2.23. The summed E-state index contributed by atoms with van der Waals surface area (Å²) in [4.78, 5) is 24.4. The van der Waals surface area contributed by atoms with Crippen LogP contribution in [0.15, 0.2) is 12.7 Å². The van der Waals surface area contributed by atoms with E-state index >= 15 is 0 Å². The number of aliphatic carboxylic acids is 1. The summed E-state index contributed by atoms with van der Waals surface area (Å²) in [7, 11) is 0. The fourth-order valence-corrected chi connectivity index (χ4v) is 2.90. The molecular formula is C14H24N2O3S. The highest BCUT2D eigenvalue weighted by molar-refractivity contribution is 7.99. The van der Waals surface area contributed by atoms with Gasteiger partial charge in [0.1, 0.15) is 0 Å². The van der Waals surface area contributed by atoms with Crippen LogP contribution in [-0.2, 0) is 4.79 Å². The molecule has 0 aromatic rings. The number of carboxylic acid groups (broad SMARTS) is 1. The second-order valence-corrected chi connectivity index (χ2v) is 6.13. The van der Waals surface area contributed by atoms with Crippen LogP contribution in [0, 0.1) is 5.92 Å². The molecule has 0 spiro atoms. The maximum absolute atomic E-state index is 12.0. The van der Waals surface area contributed by atoms with Gasteiger partial charge in [-0.15, -0.1) is 6.58 Å². The molecule has 1 atom stereocenters. The van der Waals surface area contributed by atoms with Crippen LogP contribution in [0.25, 0.3) is 0 Å². The number of carbonyl (C=O) groups is 2. The molecule has 1 aliphatic rings. The van der Waals surface area contributed by atoms with Crippen LogP contribution < -0.4 is 5.32 Å². The molecule has 1 unspecified atom stereocenters. The highest BCUT2D eigenvalue weighted by Crippen LogP contribution is 2.20. The molecule has 1 fully saturated rings. The van der Waals surface area contributed by atoms with Crippen molar-refractivity contribution in [1.82, 2.24) is 10.2 Å². The summed E-state index contributed by atoms with van der Waals surface area (Å²) in [6.45, 7) is 5.76. The third-order valence-electron chi connectivity index (χ3n) is 3.33. The monoisotopic (exact) mass is 300 g/mol. The molecule has 1 aliphatic heterocycles. The van der Waals surface area contributed by atoms with Crippen LogP contribution in [0.1, 0.15) is 25.7 Å². The molecule has 1 rings (SSSR count). The number of hydrogen-bond donors (Lipinski definition) is 2. The topological polar surface area (TPSA) is 69.6 Å². The minimum atomic E-state index is -0.759. The fraction of sp³-hybridized carbons (Fsp3) is 0.714. The number of piperidine rings is 1. The van der Waals surface area contributed by atoms with Crippen molar-refractivity contribution in [2.75, 3.05) is 31.1 Å². The lowest BCUT2D eigenvalue weighted by Crippen LogP contribution is -2.46. The van der Waals surface area contributed by atoms with E-state index in [1.54, 1.807) is 11.8 Å². The normalized spacial score (nSPS) is 18.6. The Morgan fingerprint density at radius 2 is 2.30 bits per heavy atom. The molecule has 0 aromatic heterocycles. The SMILES string of the molecule is C=CCSCCNC(=O)N1CCCC(CCC(=O)O)C1. The number of urea groups is 1. The van der Waals surface area contributed by atoms with Gasteiger partial charge in [-0.25, -0.2) is 4.79 Å². The molecule has 114 valence electrons. The molecule has 0 aliphatic carbocycles. The molecular weight excluding hydrogens is 276 g/mol. The second-order valence-electron chi connectivity index (χ2n) is 4.98. The van der Waals surface area contributed by atoms with Gasteiger partial charge in [-0.05, 0) is 25.2 Å². The lowest BCUT2D eigenvalue weighted by molar-refractivity contribution is -0.137. The Labute approximate surface area is 124 Å². The minimum Gasteiger partial charge on any atom is -0.481 e. The van der Waals surface area contributed by atoms with E-state index in [2.05, 4.69) is 11.9 Å². The highest BCUT2D eigenvalue weighted by atomic mass is 32.2. The maximum atomic E-state index is 12.0. The molecule has 20 heavy (non-hydrogen) atoms. The summed E-state index contributed by atoms with van der Waals surface area (Å²) < 4.78 is 0. The van der Waals surface area contributed by atoms with Crippen molar-refractivity contribution in [1.29, 1.82) is 0 Å². The predicted molar refractivity (Wildman–Crippen MR) is 82.1 cm³/mol. The Kier molecular flexibility index (Phi) is 8.18. The number of amides is 2. The van der Waals surface area contributed by atoms with Crippen LogP contribution in [0.4, 0.5) is 4.79 Å². The molecule has 2 amide bonds. The molecule has 5 nitrogen and oxygen atoms in total. The van der Waals surface area contributed by atoms with Gasteiger partial charge in [0, 0.05) is 37.6 Å². The van der Waals surface area contributed by atoms with E-state index in [-0.39, 0.29) is 12.5 Å². The van der Waals surface area contributed by atoms with E-state index in [1.165, 1.54) is 0 Å². The number of nitrogens with zero attached hydrogens (tertiary/aromatic N) is 1. The van der Waals surface area contributed by atoms with Gasteiger partial charge in [0.15, 0.2) is 0 Å². The van der Waals surface area contributed by atoms with Crippen LogP contribution in [0.3, 0.4) is 0 Å².